The fraction of sp³-hybridized carbons (Fsp3) is 0.455. The summed E-state index contributed by atoms with van der Waals surface area (Å²) >= 11 is 0. The predicted octanol–water partition coefficient (Wildman–Crippen LogP) is 5.06. The van der Waals surface area contributed by atoms with E-state index in [0.717, 1.165) is 32.5 Å². The molecule has 1 aliphatic heterocycles. The van der Waals surface area contributed by atoms with Gasteiger partial charge in [-0.3, -0.25) is 4.72 Å². The third-order valence-corrected chi connectivity index (χ3v) is 6.90. The van der Waals surface area contributed by atoms with Crippen molar-refractivity contribution >= 4 is 15.7 Å². The van der Waals surface area contributed by atoms with Crippen molar-refractivity contribution in [1.29, 1.82) is 0 Å². The number of anilines is 1. The number of sulfonamides is 1. The van der Waals surface area contributed by atoms with Gasteiger partial charge in [-0.25, -0.2) is 17.2 Å². The Morgan fingerprint density at radius 1 is 1.17 bits per heavy atom. The highest BCUT2D eigenvalue weighted by Crippen LogP contribution is 2.29. The van der Waals surface area contributed by atoms with E-state index in [1.807, 2.05) is 12.1 Å². The number of likely N-dealkylation sites (tertiary alicyclic amines) is 1. The van der Waals surface area contributed by atoms with E-state index in [9.17, 15) is 17.2 Å². The third-order valence-electron chi connectivity index (χ3n) is 5.52. The summed E-state index contributed by atoms with van der Waals surface area (Å²) in [5.41, 5.74) is 1.97. The van der Waals surface area contributed by atoms with Gasteiger partial charge < -0.3 is 4.90 Å². The zero-order valence-corrected chi connectivity index (χ0v) is 17.6. The van der Waals surface area contributed by atoms with Gasteiger partial charge in [0.25, 0.3) is 10.0 Å². The summed E-state index contributed by atoms with van der Waals surface area (Å²) in [5.74, 6) is -0.553. The van der Waals surface area contributed by atoms with Crippen molar-refractivity contribution in [1.82, 2.24) is 4.90 Å². The van der Waals surface area contributed by atoms with Gasteiger partial charge in [-0.1, -0.05) is 38.1 Å². The van der Waals surface area contributed by atoms with Crippen molar-refractivity contribution in [3.05, 3.63) is 59.7 Å². The summed E-state index contributed by atoms with van der Waals surface area (Å²) in [7, 11) is -3.85. The molecule has 0 saturated carbocycles. The number of benzene rings is 2. The summed E-state index contributed by atoms with van der Waals surface area (Å²) in [4.78, 5) is 2.44. The first-order valence-electron chi connectivity index (χ1n) is 10.0. The summed E-state index contributed by atoms with van der Waals surface area (Å²) < 4.78 is 53.9. The predicted molar refractivity (Wildman–Crippen MR) is 112 cm³/mol. The zero-order chi connectivity index (χ0) is 21.0. The lowest BCUT2D eigenvalue weighted by molar-refractivity contribution is 0.121. The first kappa shape index (κ1) is 21.7. The van der Waals surface area contributed by atoms with Crippen LogP contribution in [0.3, 0.4) is 0 Å². The van der Waals surface area contributed by atoms with Crippen LogP contribution in [-0.4, -0.2) is 39.4 Å². The average Bonchev–Trinajstić information content (AvgIpc) is 3.16. The second-order valence-corrected chi connectivity index (χ2v) is 9.39. The standard InChI is InChI=1S/C22H28F2N2O2S/c1-3-12-26-13-11-19(15-26)17-7-9-20(10-8-17)25-29(27,28)21-6-4-5-18(14-21)16(2)22(23)24/h4-10,14,16,19,22,25H,3,11-13,15H2,1-2H3. The first-order chi connectivity index (χ1) is 13.8. The summed E-state index contributed by atoms with van der Waals surface area (Å²) in [6.45, 7) is 6.80. The van der Waals surface area contributed by atoms with Crippen molar-refractivity contribution in [3.63, 3.8) is 0 Å². The number of hydrogen-bond acceptors (Lipinski definition) is 3. The van der Waals surface area contributed by atoms with Crippen LogP contribution in [0.2, 0.25) is 0 Å². The Bertz CT molecular complexity index is 917. The van der Waals surface area contributed by atoms with E-state index in [0.29, 0.717) is 17.2 Å². The molecule has 0 spiro atoms. The number of rotatable bonds is 8. The van der Waals surface area contributed by atoms with Crippen molar-refractivity contribution in [2.75, 3.05) is 24.4 Å². The second kappa shape index (κ2) is 9.22. The number of nitrogens with zero attached hydrogens (tertiary/aromatic N) is 1. The molecule has 2 aromatic rings. The molecule has 1 heterocycles. The lowest BCUT2D eigenvalue weighted by atomic mass is 9.98. The zero-order valence-electron chi connectivity index (χ0n) is 16.8. The van der Waals surface area contributed by atoms with Gasteiger partial charge >= 0.3 is 0 Å². The summed E-state index contributed by atoms with van der Waals surface area (Å²) in [5, 5.41) is 0. The van der Waals surface area contributed by atoms with Crippen molar-refractivity contribution in [2.45, 2.75) is 49.8 Å². The van der Waals surface area contributed by atoms with Crippen LogP contribution in [0.15, 0.2) is 53.4 Å². The van der Waals surface area contributed by atoms with Gasteiger partial charge in [0.15, 0.2) is 0 Å². The molecule has 1 N–H and O–H groups in total. The van der Waals surface area contributed by atoms with Crippen molar-refractivity contribution in [3.8, 4) is 0 Å². The molecule has 1 aliphatic rings. The van der Waals surface area contributed by atoms with Gasteiger partial charge in [0.2, 0.25) is 6.43 Å². The molecule has 0 radical (unpaired) electrons. The molecule has 4 nitrogen and oxygen atoms in total. The van der Waals surface area contributed by atoms with Gasteiger partial charge in [-0.15, -0.1) is 0 Å². The highest BCUT2D eigenvalue weighted by molar-refractivity contribution is 7.92. The number of alkyl halides is 2. The molecule has 2 aromatic carbocycles. The molecule has 2 atom stereocenters. The Balaban J connectivity index is 1.70. The number of nitrogens with one attached hydrogen (secondary N) is 1. The van der Waals surface area contributed by atoms with Crippen LogP contribution in [0.4, 0.5) is 14.5 Å². The van der Waals surface area contributed by atoms with E-state index < -0.39 is 22.4 Å². The van der Waals surface area contributed by atoms with Crippen LogP contribution in [0, 0.1) is 0 Å². The lowest BCUT2D eigenvalue weighted by Crippen LogP contribution is -2.20. The van der Waals surface area contributed by atoms with E-state index in [1.54, 1.807) is 12.1 Å². The molecule has 0 bridgehead atoms. The molecule has 0 aromatic heterocycles. The minimum Gasteiger partial charge on any atom is -0.303 e. The van der Waals surface area contributed by atoms with Gasteiger partial charge in [0.1, 0.15) is 0 Å². The molecule has 29 heavy (non-hydrogen) atoms. The Kier molecular flexibility index (Phi) is 6.90. The Labute approximate surface area is 172 Å². The largest absolute Gasteiger partial charge is 0.303 e. The van der Waals surface area contributed by atoms with Crippen LogP contribution < -0.4 is 4.72 Å². The van der Waals surface area contributed by atoms with Crippen molar-refractivity contribution < 1.29 is 17.2 Å². The van der Waals surface area contributed by atoms with Gasteiger partial charge in [0, 0.05) is 18.2 Å². The quantitative estimate of drug-likeness (QED) is 0.647. The van der Waals surface area contributed by atoms with Crippen LogP contribution >= 0.6 is 0 Å². The smallest absolute Gasteiger partial charge is 0.261 e. The summed E-state index contributed by atoms with van der Waals surface area (Å²) in [6, 6.07) is 13.2. The molecule has 158 valence electrons. The molecule has 1 fully saturated rings. The Hall–Kier alpha value is -1.99. The van der Waals surface area contributed by atoms with Gasteiger partial charge in [-0.05, 0) is 67.2 Å². The second-order valence-electron chi connectivity index (χ2n) is 7.71. The maximum Gasteiger partial charge on any atom is 0.261 e. The molecular formula is C22H28F2N2O2S. The maximum atomic E-state index is 13.0. The SMILES string of the molecule is CCCN1CCC(c2ccc(NS(=O)(=O)c3cccc(C(C)C(F)F)c3)cc2)C1. The molecule has 3 rings (SSSR count). The number of hydrogen-bond donors (Lipinski definition) is 1. The first-order valence-corrected chi connectivity index (χ1v) is 11.5. The summed E-state index contributed by atoms with van der Waals surface area (Å²) in [6.07, 6.45) is -0.289. The van der Waals surface area contributed by atoms with E-state index in [4.69, 9.17) is 0 Å². The van der Waals surface area contributed by atoms with Crippen LogP contribution in [-0.2, 0) is 10.0 Å². The van der Waals surface area contributed by atoms with Crippen molar-refractivity contribution in [2.24, 2.45) is 0 Å². The molecule has 0 amide bonds. The minimum atomic E-state index is -3.85. The molecular weight excluding hydrogens is 394 g/mol. The van der Waals surface area contributed by atoms with E-state index in [2.05, 4.69) is 16.5 Å². The Morgan fingerprint density at radius 2 is 1.90 bits per heavy atom. The van der Waals surface area contributed by atoms with E-state index >= 15 is 0 Å². The third kappa shape index (κ3) is 5.34. The van der Waals surface area contributed by atoms with Crippen LogP contribution in [0.5, 0.6) is 0 Å². The normalized spacial score (nSPS) is 18.9. The fourth-order valence-electron chi connectivity index (χ4n) is 3.77. The highest BCUT2D eigenvalue weighted by atomic mass is 32.2. The van der Waals surface area contributed by atoms with Crippen LogP contribution in [0.25, 0.3) is 0 Å². The van der Waals surface area contributed by atoms with Crippen LogP contribution in [0.1, 0.15) is 49.7 Å². The molecule has 0 aliphatic carbocycles. The average molecular weight is 423 g/mol. The topological polar surface area (TPSA) is 49.4 Å². The Morgan fingerprint density at radius 3 is 2.55 bits per heavy atom. The van der Waals surface area contributed by atoms with Gasteiger partial charge in [0.05, 0.1) is 4.90 Å². The molecule has 1 saturated heterocycles. The maximum absolute atomic E-state index is 13.0. The van der Waals surface area contributed by atoms with E-state index in [1.165, 1.54) is 36.8 Å². The monoisotopic (exact) mass is 422 g/mol. The lowest BCUT2D eigenvalue weighted by Gasteiger charge is -2.16. The number of halogens is 2. The highest BCUT2D eigenvalue weighted by Gasteiger charge is 2.24. The fourth-order valence-corrected chi connectivity index (χ4v) is 4.89. The van der Waals surface area contributed by atoms with E-state index in [-0.39, 0.29) is 4.90 Å². The molecule has 7 heteroatoms. The molecule has 2 unspecified atom stereocenters. The minimum absolute atomic E-state index is 0.0161. The van der Waals surface area contributed by atoms with Gasteiger partial charge in [-0.2, -0.15) is 0 Å².